The molecule has 1 saturated heterocycles. The molecule has 18 heavy (non-hydrogen) atoms. The Morgan fingerprint density at radius 3 is 3.11 bits per heavy atom. The normalized spacial score (nSPS) is 25.2. The average Bonchev–Trinajstić information content (AvgIpc) is 2.68. The van der Waals surface area contributed by atoms with Crippen LogP contribution in [-0.4, -0.2) is 31.4 Å². The minimum atomic E-state index is 0.0161. The van der Waals surface area contributed by atoms with Gasteiger partial charge < -0.3 is 15.2 Å². The Bertz CT molecular complexity index is 492. The first-order valence-electron chi connectivity index (χ1n) is 6.30. The van der Waals surface area contributed by atoms with Crippen LogP contribution in [0.2, 0.25) is 0 Å². The quantitative estimate of drug-likeness (QED) is 0.872. The third-order valence-corrected chi connectivity index (χ3v) is 4.55. The van der Waals surface area contributed by atoms with Crippen molar-refractivity contribution in [1.29, 1.82) is 0 Å². The van der Waals surface area contributed by atoms with Crippen LogP contribution < -0.4 is 5.32 Å². The van der Waals surface area contributed by atoms with E-state index in [2.05, 4.69) is 35.6 Å². The molecule has 1 fully saturated rings. The predicted molar refractivity (Wildman–Crippen MR) is 74.0 cm³/mol. The zero-order valence-corrected chi connectivity index (χ0v) is 11.0. The van der Waals surface area contributed by atoms with Gasteiger partial charge in [0.2, 0.25) is 0 Å². The molecule has 0 spiro atoms. The van der Waals surface area contributed by atoms with Crippen molar-refractivity contribution in [2.24, 2.45) is 5.92 Å². The molecule has 4 heteroatoms. The second kappa shape index (κ2) is 5.36. The van der Waals surface area contributed by atoms with Crippen molar-refractivity contribution >= 4 is 21.4 Å². The van der Waals surface area contributed by atoms with Gasteiger partial charge >= 0.3 is 0 Å². The Morgan fingerprint density at radius 1 is 1.39 bits per heavy atom. The monoisotopic (exact) mass is 263 g/mol. The maximum Gasteiger partial charge on any atom is 0.0979 e. The van der Waals surface area contributed by atoms with Crippen LogP contribution in [-0.2, 0) is 4.74 Å². The molecule has 0 amide bonds. The molecule has 0 bridgehead atoms. The number of aliphatic hydroxyl groups is 1. The minimum absolute atomic E-state index is 0.0161. The summed E-state index contributed by atoms with van der Waals surface area (Å²) in [4.78, 5) is 1.22. The lowest BCUT2D eigenvalue weighted by Gasteiger charge is -2.21. The third-order valence-electron chi connectivity index (χ3n) is 3.37. The van der Waals surface area contributed by atoms with Crippen LogP contribution in [0.4, 0.5) is 0 Å². The molecule has 2 atom stereocenters. The lowest BCUT2D eigenvalue weighted by Crippen LogP contribution is -2.26. The van der Waals surface area contributed by atoms with E-state index >= 15 is 0 Å². The van der Waals surface area contributed by atoms with Gasteiger partial charge in [0.1, 0.15) is 0 Å². The number of nitrogens with one attached hydrogen (secondary N) is 1. The van der Waals surface area contributed by atoms with Gasteiger partial charge in [0.05, 0.1) is 12.7 Å². The lowest BCUT2D eigenvalue weighted by molar-refractivity contribution is 0.0139. The first-order valence-corrected chi connectivity index (χ1v) is 7.12. The van der Waals surface area contributed by atoms with Crippen molar-refractivity contribution in [3.63, 3.8) is 0 Å². The number of aliphatic hydroxyl groups excluding tert-OH is 1. The van der Waals surface area contributed by atoms with Gasteiger partial charge in [-0.25, -0.2) is 0 Å². The highest BCUT2D eigenvalue weighted by Gasteiger charge is 2.26. The maximum absolute atomic E-state index is 9.51. The van der Waals surface area contributed by atoms with Crippen molar-refractivity contribution in [2.75, 3.05) is 26.3 Å². The van der Waals surface area contributed by atoms with Crippen molar-refractivity contribution in [1.82, 2.24) is 5.32 Å². The lowest BCUT2D eigenvalue weighted by atomic mass is 10.0. The van der Waals surface area contributed by atoms with Crippen LogP contribution in [0.5, 0.6) is 0 Å². The molecule has 1 aromatic heterocycles. The van der Waals surface area contributed by atoms with E-state index in [0.717, 1.165) is 13.1 Å². The van der Waals surface area contributed by atoms with Crippen molar-refractivity contribution < 1.29 is 9.84 Å². The van der Waals surface area contributed by atoms with Crippen LogP contribution in [0.15, 0.2) is 30.3 Å². The fraction of sp³-hybridized carbons (Fsp3) is 0.429. The molecule has 0 saturated carbocycles. The highest BCUT2D eigenvalue weighted by molar-refractivity contribution is 7.19. The summed E-state index contributed by atoms with van der Waals surface area (Å²) in [6.07, 6.45) is 0.0161. The van der Waals surface area contributed by atoms with Crippen LogP contribution in [0.3, 0.4) is 0 Å². The molecule has 96 valence electrons. The molecule has 3 nitrogen and oxygen atoms in total. The Labute approximate surface area is 110 Å². The number of fused-ring (bicyclic) bond motifs is 1. The van der Waals surface area contributed by atoms with Crippen molar-refractivity contribution in [3.8, 4) is 0 Å². The fourth-order valence-electron chi connectivity index (χ4n) is 2.41. The van der Waals surface area contributed by atoms with E-state index in [4.69, 9.17) is 4.74 Å². The molecule has 1 unspecified atom stereocenters. The zero-order valence-electron chi connectivity index (χ0n) is 10.1. The summed E-state index contributed by atoms with van der Waals surface area (Å²) in [6, 6.07) is 10.6. The number of ether oxygens (including phenoxy) is 1. The van der Waals surface area contributed by atoms with Crippen LogP contribution in [0.1, 0.15) is 11.0 Å². The van der Waals surface area contributed by atoms with E-state index in [1.807, 2.05) is 0 Å². The number of thiophene rings is 1. The van der Waals surface area contributed by atoms with Crippen LogP contribution in [0.25, 0.3) is 10.1 Å². The van der Waals surface area contributed by atoms with E-state index < -0.39 is 0 Å². The van der Waals surface area contributed by atoms with E-state index in [1.165, 1.54) is 15.0 Å². The van der Waals surface area contributed by atoms with E-state index in [-0.39, 0.29) is 18.6 Å². The maximum atomic E-state index is 9.51. The van der Waals surface area contributed by atoms with E-state index in [0.29, 0.717) is 6.61 Å². The molecule has 2 heterocycles. The largest absolute Gasteiger partial charge is 0.396 e. The highest BCUT2D eigenvalue weighted by Crippen LogP contribution is 2.35. The van der Waals surface area contributed by atoms with Gasteiger partial charge in [0.15, 0.2) is 0 Å². The Morgan fingerprint density at radius 2 is 2.28 bits per heavy atom. The van der Waals surface area contributed by atoms with Gasteiger partial charge in [-0.1, -0.05) is 18.2 Å². The fourth-order valence-corrected chi connectivity index (χ4v) is 3.61. The second-order valence-electron chi connectivity index (χ2n) is 4.62. The van der Waals surface area contributed by atoms with Gasteiger partial charge in [-0.3, -0.25) is 0 Å². The Kier molecular flexibility index (Phi) is 3.61. The molecule has 3 rings (SSSR count). The summed E-state index contributed by atoms with van der Waals surface area (Å²) in [7, 11) is 0. The first-order chi connectivity index (χ1) is 8.88. The summed E-state index contributed by atoms with van der Waals surface area (Å²) in [5, 5.41) is 14.1. The number of hydrogen-bond donors (Lipinski definition) is 2. The van der Waals surface area contributed by atoms with Crippen LogP contribution >= 0.6 is 11.3 Å². The second-order valence-corrected chi connectivity index (χ2v) is 5.74. The highest BCUT2D eigenvalue weighted by atomic mass is 32.1. The number of benzene rings is 1. The molecule has 1 aromatic carbocycles. The third kappa shape index (κ3) is 2.29. The molecule has 1 aliphatic rings. The van der Waals surface area contributed by atoms with Gasteiger partial charge in [0.25, 0.3) is 0 Å². The molecular formula is C14H17NO2S. The van der Waals surface area contributed by atoms with Gasteiger partial charge in [-0.05, 0) is 17.5 Å². The zero-order chi connectivity index (χ0) is 12.4. The smallest absolute Gasteiger partial charge is 0.0979 e. The van der Waals surface area contributed by atoms with Crippen LogP contribution in [0, 0.1) is 5.92 Å². The standard InChI is InChI=1S/C14H17NO2S/c16-9-11-8-15-5-6-17-14(11)13-7-10-3-1-2-4-12(10)18-13/h1-4,7,11,14-16H,5-6,8-9H2/t11-,14?/m1/s1. The summed E-state index contributed by atoms with van der Waals surface area (Å²) < 4.78 is 7.19. The average molecular weight is 263 g/mol. The molecular weight excluding hydrogens is 246 g/mol. The molecule has 1 aliphatic heterocycles. The van der Waals surface area contributed by atoms with Gasteiger partial charge in [-0.15, -0.1) is 11.3 Å². The molecule has 2 N–H and O–H groups in total. The minimum Gasteiger partial charge on any atom is -0.396 e. The molecule has 0 aliphatic carbocycles. The molecule has 0 radical (unpaired) electrons. The van der Waals surface area contributed by atoms with E-state index in [9.17, 15) is 5.11 Å². The topological polar surface area (TPSA) is 41.5 Å². The molecule has 2 aromatic rings. The van der Waals surface area contributed by atoms with Gasteiger partial charge in [-0.2, -0.15) is 0 Å². The van der Waals surface area contributed by atoms with Crippen molar-refractivity contribution in [2.45, 2.75) is 6.10 Å². The Hall–Kier alpha value is -0.940. The Balaban J connectivity index is 1.95. The van der Waals surface area contributed by atoms with Gasteiger partial charge in [0, 0.05) is 35.2 Å². The van der Waals surface area contributed by atoms with Crippen molar-refractivity contribution in [3.05, 3.63) is 35.2 Å². The predicted octanol–water partition coefficient (Wildman–Crippen LogP) is 2.17. The first kappa shape index (κ1) is 12.1. The van der Waals surface area contributed by atoms with E-state index in [1.54, 1.807) is 11.3 Å². The SMILES string of the molecule is OC[C@H]1CNCCOC1c1cc2ccccc2s1. The number of hydrogen-bond acceptors (Lipinski definition) is 4. The summed E-state index contributed by atoms with van der Waals surface area (Å²) in [5.41, 5.74) is 0. The summed E-state index contributed by atoms with van der Waals surface area (Å²) in [6.45, 7) is 2.54. The number of rotatable bonds is 2. The summed E-state index contributed by atoms with van der Waals surface area (Å²) in [5.74, 6) is 0.139. The summed E-state index contributed by atoms with van der Waals surface area (Å²) >= 11 is 1.77.